The van der Waals surface area contributed by atoms with Crippen LogP contribution >= 0.6 is 0 Å². The standard InChI is InChI=1S/C15H20N2O3/c1-9(16)15(18)17-14(10-2-3-10)11-4-5-12-13(8-11)20-7-6-19-12/h4-5,8-10,14H,2-3,6-7,16H2,1H3,(H,17,18)/t9-,14?/m0/s1. The fourth-order valence-corrected chi connectivity index (χ4v) is 2.44. The first-order valence-electron chi connectivity index (χ1n) is 7.10. The van der Waals surface area contributed by atoms with Gasteiger partial charge >= 0.3 is 0 Å². The van der Waals surface area contributed by atoms with Gasteiger partial charge < -0.3 is 20.5 Å². The maximum Gasteiger partial charge on any atom is 0.237 e. The van der Waals surface area contributed by atoms with Crippen LogP contribution in [0.15, 0.2) is 18.2 Å². The van der Waals surface area contributed by atoms with E-state index in [0.29, 0.717) is 19.1 Å². The van der Waals surface area contributed by atoms with Crippen LogP contribution in [0.1, 0.15) is 31.4 Å². The van der Waals surface area contributed by atoms with E-state index in [1.165, 1.54) is 0 Å². The van der Waals surface area contributed by atoms with Gasteiger partial charge in [-0.2, -0.15) is 0 Å². The molecule has 1 aliphatic carbocycles. The minimum Gasteiger partial charge on any atom is -0.486 e. The van der Waals surface area contributed by atoms with Gasteiger partial charge in [0.05, 0.1) is 12.1 Å². The number of carbonyl (C=O) groups excluding carboxylic acids is 1. The zero-order valence-electron chi connectivity index (χ0n) is 11.6. The first-order valence-corrected chi connectivity index (χ1v) is 7.10. The van der Waals surface area contributed by atoms with Crippen molar-refractivity contribution in [2.45, 2.75) is 31.8 Å². The third kappa shape index (κ3) is 2.72. The maximum absolute atomic E-state index is 11.9. The fourth-order valence-electron chi connectivity index (χ4n) is 2.44. The summed E-state index contributed by atoms with van der Waals surface area (Å²) < 4.78 is 11.1. The third-order valence-electron chi connectivity index (χ3n) is 3.73. The molecule has 2 aliphatic rings. The van der Waals surface area contributed by atoms with Gasteiger partial charge in [0.1, 0.15) is 13.2 Å². The zero-order chi connectivity index (χ0) is 14.1. The summed E-state index contributed by atoms with van der Waals surface area (Å²) in [4.78, 5) is 11.9. The summed E-state index contributed by atoms with van der Waals surface area (Å²) in [6.07, 6.45) is 2.27. The molecule has 108 valence electrons. The minimum atomic E-state index is -0.492. The highest BCUT2D eigenvalue weighted by atomic mass is 16.6. The van der Waals surface area contributed by atoms with Crippen molar-refractivity contribution in [3.05, 3.63) is 23.8 Å². The summed E-state index contributed by atoms with van der Waals surface area (Å²) in [7, 11) is 0. The second-order valence-corrected chi connectivity index (χ2v) is 5.52. The van der Waals surface area contributed by atoms with Crippen molar-refractivity contribution in [2.24, 2.45) is 11.7 Å². The number of nitrogens with two attached hydrogens (primary N) is 1. The number of amides is 1. The van der Waals surface area contributed by atoms with E-state index in [1.54, 1.807) is 6.92 Å². The molecule has 5 nitrogen and oxygen atoms in total. The van der Waals surface area contributed by atoms with Crippen LogP contribution in [0.4, 0.5) is 0 Å². The van der Waals surface area contributed by atoms with Crippen LogP contribution in [-0.2, 0) is 4.79 Å². The normalized spacial score (nSPS) is 20.1. The SMILES string of the molecule is C[C@H](N)C(=O)NC(c1ccc2c(c1)OCCO2)C1CC1. The molecule has 1 saturated carbocycles. The molecule has 1 aliphatic heterocycles. The molecule has 0 bridgehead atoms. The molecule has 0 aromatic heterocycles. The molecule has 1 aromatic carbocycles. The number of nitrogens with one attached hydrogen (secondary N) is 1. The van der Waals surface area contributed by atoms with Gasteiger partial charge in [-0.05, 0) is 43.4 Å². The molecule has 1 amide bonds. The monoisotopic (exact) mass is 276 g/mol. The van der Waals surface area contributed by atoms with Gasteiger partial charge in [0.25, 0.3) is 0 Å². The fraction of sp³-hybridized carbons (Fsp3) is 0.533. The van der Waals surface area contributed by atoms with Crippen LogP contribution < -0.4 is 20.5 Å². The Morgan fingerprint density at radius 2 is 2.00 bits per heavy atom. The van der Waals surface area contributed by atoms with Crippen molar-refractivity contribution in [2.75, 3.05) is 13.2 Å². The molecule has 3 N–H and O–H groups in total. The molecule has 0 spiro atoms. The number of rotatable bonds is 4. The Hall–Kier alpha value is -1.75. The Morgan fingerprint density at radius 1 is 1.30 bits per heavy atom. The Balaban J connectivity index is 1.82. The molecular formula is C15H20N2O3. The van der Waals surface area contributed by atoms with Gasteiger partial charge in [0.2, 0.25) is 5.91 Å². The lowest BCUT2D eigenvalue weighted by Gasteiger charge is -2.23. The van der Waals surface area contributed by atoms with Gasteiger partial charge in [0, 0.05) is 0 Å². The number of hydrogen-bond donors (Lipinski definition) is 2. The Kier molecular flexibility index (Phi) is 3.53. The lowest BCUT2D eigenvalue weighted by atomic mass is 10.0. The summed E-state index contributed by atoms with van der Waals surface area (Å²) in [5, 5.41) is 3.04. The van der Waals surface area contributed by atoms with E-state index in [2.05, 4.69) is 5.32 Å². The number of carbonyl (C=O) groups is 1. The number of fused-ring (bicyclic) bond motifs is 1. The van der Waals surface area contributed by atoms with Crippen molar-refractivity contribution in [3.63, 3.8) is 0 Å². The van der Waals surface area contributed by atoms with E-state index in [0.717, 1.165) is 29.9 Å². The predicted molar refractivity (Wildman–Crippen MR) is 74.7 cm³/mol. The van der Waals surface area contributed by atoms with Crippen molar-refractivity contribution >= 4 is 5.91 Å². The predicted octanol–water partition coefficient (Wildman–Crippen LogP) is 1.37. The second kappa shape index (κ2) is 5.32. The molecule has 20 heavy (non-hydrogen) atoms. The average Bonchev–Trinajstić information content (AvgIpc) is 3.28. The van der Waals surface area contributed by atoms with Gasteiger partial charge in [-0.3, -0.25) is 4.79 Å². The van der Waals surface area contributed by atoms with Crippen molar-refractivity contribution in [1.29, 1.82) is 0 Å². The molecule has 1 heterocycles. The molecule has 5 heteroatoms. The van der Waals surface area contributed by atoms with E-state index in [9.17, 15) is 4.79 Å². The first-order chi connectivity index (χ1) is 9.65. The maximum atomic E-state index is 11.9. The average molecular weight is 276 g/mol. The van der Waals surface area contributed by atoms with E-state index < -0.39 is 6.04 Å². The lowest BCUT2D eigenvalue weighted by molar-refractivity contribution is -0.122. The van der Waals surface area contributed by atoms with Gasteiger partial charge in [0.15, 0.2) is 11.5 Å². The van der Waals surface area contributed by atoms with Gasteiger partial charge in [-0.15, -0.1) is 0 Å². The topological polar surface area (TPSA) is 73.6 Å². The van der Waals surface area contributed by atoms with E-state index in [-0.39, 0.29) is 11.9 Å². The molecule has 1 unspecified atom stereocenters. The zero-order valence-corrected chi connectivity index (χ0v) is 11.6. The Morgan fingerprint density at radius 3 is 2.65 bits per heavy atom. The highest BCUT2D eigenvalue weighted by Crippen LogP contribution is 2.43. The van der Waals surface area contributed by atoms with Crippen LogP contribution in [-0.4, -0.2) is 25.2 Å². The summed E-state index contributed by atoms with van der Waals surface area (Å²) in [5.41, 5.74) is 6.70. The summed E-state index contributed by atoms with van der Waals surface area (Å²) in [5.74, 6) is 1.92. The summed E-state index contributed by atoms with van der Waals surface area (Å²) in [6, 6.07) is 5.41. The quantitative estimate of drug-likeness (QED) is 0.871. The van der Waals surface area contributed by atoms with E-state index in [1.807, 2.05) is 18.2 Å². The summed E-state index contributed by atoms with van der Waals surface area (Å²) in [6.45, 7) is 2.85. The van der Waals surface area contributed by atoms with Crippen LogP contribution in [0.25, 0.3) is 0 Å². The van der Waals surface area contributed by atoms with Crippen LogP contribution in [0, 0.1) is 5.92 Å². The molecule has 1 aromatic rings. The largest absolute Gasteiger partial charge is 0.486 e. The second-order valence-electron chi connectivity index (χ2n) is 5.52. The molecule has 0 saturated heterocycles. The number of hydrogen-bond acceptors (Lipinski definition) is 4. The van der Waals surface area contributed by atoms with Crippen molar-refractivity contribution in [3.8, 4) is 11.5 Å². The molecule has 1 fully saturated rings. The highest BCUT2D eigenvalue weighted by molar-refractivity contribution is 5.81. The Labute approximate surface area is 118 Å². The lowest BCUT2D eigenvalue weighted by Crippen LogP contribution is -2.41. The van der Waals surface area contributed by atoms with Gasteiger partial charge in [-0.1, -0.05) is 6.07 Å². The van der Waals surface area contributed by atoms with E-state index in [4.69, 9.17) is 15.2 Å². The molecule has 0 radical (unpaired) electrons. The van der Waals surface area contributed by atoms with Gasteiger partial charge in [-0.25, -0.2) is 0 Å². The van der Waals surface area contributed by atoms with E-state index >= 15 is 0 Å². The number of benzene rings is 1. The number of ether oxygens (including phenoxy) is 2. The van der Waals surface area contributed by atoms with Crippen LogP contribution in [0.3, 0.4) is 0 Å². The van der Waals surface area contributed by atoms with Crippen LogP contribution in [0.5, 0.6) is 11.5 Å². The molecule has 2 atom stereocenters. The van der Waals surface area contributed by atoms with Crippen LogP contribution in [0.2, 0.25) is 0 Å². The third-order valence-corrected chi connectivity index (χ3v) is 3.73. The molecule has 3 rings (SSSR count). The first kappa shape index (κ1) is 13.2. The smallest absolute Gasteiger partial charge is 0.237 e. The van der Waals surface area contributed by atoms with Crippen molar-refractivity contribution < 1.29 is 14.3 Å². The molecular weight excluding hydrogens is 256 g/mol. The highest BCUT2D eigenvalue weighted by Gasteiger charge is 2.34. The Bertz CT molecular complexity index is 512. The minimum absolute atomic E-state index is 0.0179. The van der Waals surface area contributed by atoms with Crippen molar-refractivity contribution in [1.82, 2.24) is 5.32 Å². The summed E-state index contributed by atoms with van der Waals surface area (Å²) >= 11 is 0.